The van der Waals surface area contributed by atoms with Crippen molar-refractivity contribution in [2.75, 3.05) is 27.4 Å². The lowest BCUT2D eigenvalue weighted by molar-refractivity contribution is 0.0602. The van der Waals surface area contributed by atoms with Crippen LogP contribution in [0.2, 0.25) is 0 Å². The number of rotatable bonds is 13. The molecule has 0 heterocycles. The van der Waals surface area contributed by atoms with Crippen LogP contribution in [0.4, 0.5) is 0 Å². The van der Waals surface area contributed by atoms with Crippen molar-refractivity contribution < 1.29 is 9.47 Å². The molecule has 110 valence electrons. The Balaban J connectivity index is 3.98. The van der Waals surface area contributed by atoms with Gasteiger partial charge in [0, 0.05) is 27.4 Å². The van der Waals surface area contributed by atoms with E-state index in [0.29, 0.717) is 11.8 Å². The lowest BCUT2D eigenvalue weighted by Gasteiger charge is -2.26. The maximum atomic E-state index is 5.40. The molecule has 0 aliphatic carbocycles. The number of unbranched alkanes of at least 4 members (excludes halogenated alkanes) is 4. The van der Waals surface area contributed by atoms with Gasteiger partial charge in [-0.2, -0.15) is 0 Å². The molecular weight excluding hydrogens is 224 g/mol. The predicted molar refractivity (Wildman–Crippen MR) is 79.0 cm³/mol. The summed E-state index contributed by atoms with van der Waals surface area (Å²) in [6.07, 6.45) is 10.6. The summed E-state index contributed by atoms with van der Waals surface area (Å²) < 4.78 is 10.8. The van der Waals surface area contributed by atoms with Gasteiger partial charge in [0.15, 0.2) is 0 Å². The van der Waals surface area contributed by atoms with Crippen LogP contribution in [0.15, 0.2) is 0 Å². The first kappa shape index (κ1) is 17.9. The molecule has 0 rings (SSSR count). The Morgan fingerprint density at radius 3 is 1.72 bits per heavy atom. The van der Waals surface area contributed by atoms with E-state index < -0.39 is 0 Å². The van der Waals surface area contributed by atoms with Crippen LogP contribution in [0.25, 0.3) is 0 Å². The van der Waals surface area contributed by atoms with E-state index in [-0.39, 0.29) is 0 Å². The summed E-state index contributed by atoms with van der Waals surface area (Å²) in [6.45, 7) is 6.30. The number of ether oxygens (including phenoxy) is 2. The minimum atomic E-state index is 0.672. The van der Waals surface area contributed by atoms with E-state index in [1.165, 1.54) is 51.4 Å². The number of methoxy groups -OCH3 is 2. The highest BCUT2D eigenvalue weighted by Gasteiger charge is 2.20. The summed E-state index contributed by atoms with van der Waals surface area (Å²) >= 11 is 0. The highest BCUT2D eigenvalue weighted by molar-refractivity contribution is 4.70. The second-order valence-electron chi connectivity index (χ2n) is 5.42. The van der Waals surface area contributed by atoms with Crippen LogP contribution < -0.4 is 0 Å². The van der Waals surface area contributed by atoms with Crippen LogP contribution in [0, 0.1) is 11.8 Å². The van der Waals surface area contributed by atoms with Crippen LogP contribution in [0.3, 0.4) is 0 Å². The average molecular weight is 258 g/mol. The lowest BCUT2D eigenvalue weighted by Crippen LogP contribution is -2.23. The van der Waals surface area contributed by atoms with Gasteiger partial charge in [0.25, 0.3) is 0 Å². The minimum absolute atomic E-state index is 0.672. The summed E-state index contributed by atoms with van der Waals surface area (Å²) in [5.41, 5.74) is 0. The Kier molecular flexibility index (Phi) is 13.3. The molecule has 0 bridgehead atoms. The zero-order valence-corrected chi connectivity index (χ0v) is 13.0. The third kappa shape index (κ3) is 8.93. The van der Waals surface area contributed by atoms with Crippen molar-refractivity contribution in [2.45, 2.75) is 65.2 Å². The van der Waals surface area contributed by atoms with Crippen molar-refractivity contribution in [2.24, 2.45) is 11.8 Å². The molecule has 0 radical (unpaired) electrons. The van der Waals surface area contributed by atoms with Gasteiger partial charge in [-0.3, -0.25) is 0 Å². The van der Waals surface area contributed by atoms with Crippen LogP contribution in [-0.4, -0.2) is 27.4 Å². The standard InChI is InChI=1S/C16H34O2/c1-5-7-8-9-10-12-16(14-18-4)15(11-6-2)13-17-3/h15-16H,5-14H2,1-4H3. The Morgan fingerprint density at radius 1 is 0.667 bits per heavy atom. The fraction of sp³-hybridized carbons (Fsp3) is 1.00. The summed E-state index contributed by atoms with van der Waals surface area (Å²) in [5, 5.41) is 0. The van der Waals surface area contributed by atoms with Crippen LogP contribution >= 0.6 is 0 Å². The molecule has 0 aliphatic rings. The summed E-state index contributed by atoms with van der Waals surface area (Å²) in [4.78, 5) is 0. The minimum Gasteiger partial charge on any atom is -0.384 e. The Bertz CT molecular complexity index is 153. The summed E-state index contributed by atoms with van der Waals surface area (Å²) in [7, 11) is 3.63. The van der Waals surface area contributed by atoms with Gasteiger partial charge in [0.2, 0.25) is 0 Å². The molecule has 2 unspecified atom stereocenters. The van der Waals surface area contributed by atoms with Gasteiger partial charge in [-0.1, -0.05) is 52.4 Å². The quantitative estimate of drug-likeness (QED) is 0.447. The largest absolute Gasteiger partial charge is 0.384 e. The molecular formula is C16H34O2. The first-order valence-corrected chi connectivity index (χ1v) is 7.77. The van der Waals surface area contributed by atoms with E-state index in [0.717, 1.165) is 13.2 Å². The number of hydrogen-bond donors (Lipinski definition) is 0. The summed E-state index contributed by atoms with van der Waals surface area (Å²) in [5.74, 6) is 1.35. The Labute approximate surface area is 114 Å². The zero-order valence-electron chi connectivity index (χ0n) is 13.0. The smallest absolute Gasteiger partial charge is 0.0493 e. The molecule has 0 amide bonds. The molecule has 2 atom stereocenters. The average Bonchev–Trinajstić information content (AvgIpc) is 2.37. The fourth-order valence-corrected chi connectivity index (χ4v) is 2.72. The highest BCUT2D eigenvalue weighted by atomic mass is 16.5. The van der Waals surface area contributed by atoms with Crippen LogP contribution in [0.1, 0.15) is 65.2 Å². The van der Waals surface area contributed by atoms with Crippen molar-refractivity contribution in [3.8, 4) is 0 Å². The third-order valence-corrected chi connectivity index (χ3v) is 3.77. The van der Waals surface area contributed by atoms with Crippen molar-refractivity contribution in [1.29, 1.82) is 0 Å². The van der Waals surface area contributed by atoms with Gasteiger partial charge in [-0.05, 0) is 24.7 Å². The van der Waals surface area contributed by atoms with Gasteiger partial charge in [0.1, 0.15) is 0 Å². The maximum absolute atomic E-state index is 5.40. The SMILES string of the molecule is CCCCCCCC(COC)C(CCC)COC. The van der Waals surface area contributed by atoms with E-state index >= 15 is 0 Å². The second-order valence-corrected chi connectivity index (χ2v) is 5.42. The lowest BCUT2D eigenvalue weighted by atomic mass is 9.85. The van der Waals surface area contributed by atoms with Gasteiger partial charge in [-0.15, -0.1) is 0 Å². The monoisotopic (exact) mass is 258 g/mol. The topological polar surface area (TPSA) is 18.5 Å². The highest BCUT2D eigenvalue weighted by Crippen LogP contribution is 2.24. The van der Waals surface area contributed by atoms with Crippen molar-refractivity contribution in [3.63, 3.8) is 0 Å². The van der Waals surface area contributed by atoms with Crippen LogP contribution in [0.5, 0.6) is 0 Å². The van der Waals surface area contributed by atoms with Gasteiger partial charge >= 0.3 is 0 Å². The molecule has 2 heteroatoms. The van der Waals surface area contributed by atoms with E-state index in [1.807, 2.05) is 14.2 Å². The molecule has 0 fully saturated rings. The van der Waals surface area contributed by atoms with Crippen molar-refractivity contribution in [1.82, 2.24) is 0 Å². The normalized spacial score (nSPS) is 14.7. The molecule has 0 saturated heterocycles. The summed E-state index contributed by atoms with van der Waals surface area (Å²) in [6, 6.07) is 0. The van der Waals surface area contributed by atoms with Crippen LogP contribution in [-0.2, 0) is 9.47 Å². The molecule has 0 spiro atoms. The van der Waals surface area contributed by atoms with Crippen molar-refractivity contribution >= 4 is 0 Å². The van der Waals surface area contributed by atoms with E-state index in [9.17, 15) is 0 Å². The zero-order chi connectivity index (χ0) is 13.6. The van der Waals surface area contributed by atoms with E-state index in [2.05, 4.69) is 13.8 Å². The third-order valence-electron chi connectivity index (χ3n) is 3.77. The molecule has 0 N–H and O–H groups in total. The number of hydrogen-bond acceptors (Lipinski definition) is 2. The van der Waals surface area contributed by atoms with Gasteiger partial charge < -0.3 is 9.47 Å². The molecule has 0 aliphatic heterocycles. The first-order valence-electron chi connectivity index (χ1n) is 7.77. The molecule has 18 heavy (non-hydrogen) atoms. The van der Waals surface area contributed by atoms with E-state index in [4.69, 9.17) is 9.47 Å². The van der Waals surface area contributed by atoms with E-state index in [1.54, 1.807) is 0 Å². The van der Waals surface area contributed by atoms with Crippen molar-refractivity contribution in [3.05, 3.63) is 0 Å². The Morgan fingerprint density at radius 2 is 1.22 bits per heavy atom. The second kappa shape index (κ2) is 13.4. The first-order chi connectivity index (χ1) is 8.79. The van der Waals surface area contributed by atoms with Gasteiger partial charge in [0.05, 0.1) is 0 Å². The molecule has 0 aromatic rings. The van der Waals surface area contributed by atoms with Gasteiger partial charge in [-0.25, -0.2) is 0 Å². The molecule has 2 nitrogen and oxygen atoms in total. The maximum Gasteiger partial charge on any atom is 0.0493 e. The Hall–Kier alpha value is -0.0800. The fourth-order valence-electron chi connectivity index (χ4n) is 2.72. The predicted octanol–water partition coefficient (Wildman–Crippen LogP) is 4.67. The molecule has 0 aromatic heterocycles. The molecule has 0 saturated carbocycles. The molecule has 0 aromatic carbocycles.